The number of fused-ring (bicyclic) bond motifs is 1. The van der Waals surface area contributed by atoms with E-state index in [1.165, 1.54) is 28.7 Å². The molecule has 0 spiro atoms. The quantitative estimate of drug-likeness (QED) is 0.437. The minimum atomic E-state index is -3.95. The van der Waals surface area contributed by atoms with E-state index in [1.54, 1.807) is 54.0 Å². The van der Waals surface area contributed by atoms with Crippen LogP contribution in [0.2, 0.25) is 0 Å². The number of benzene rings is 2. The molecular formula is C22H21FN4O3S. The lowest BCUT2D eigenvalue weighted by Crippen LogP contribution is -2.30. The van der Waals surface area contributed by atoms with Gasteiger partial charge in [-0.2, -0.15) is 0 Å². The Morgan fingerprint density at radius 2 is 1.71 bits per heavy atom. The highest BCUT2D eigenvalue weighted by atomic mass is 32.2. The summed E-state index contributed by atoms with van der Waals surface area (Å²) in [5.74, 6) is 0.899. The van der Waals surface area contributed by atoms with Gasteiger partial charge in [-0.05, 0) is 54.1 Å². The molecule has 0 aliphatic heterocycles. The summed E-state index contributed by atoms with van der Waals surface area (Å²) in [6, 6.07) is 15.6. The summed E-state index contributed by atoms with van der Waals surface area (Å²) in [6.45, 7) is 1.96. The minimum Gasteiger partial charge on any atom is -0.497 e. The highest BCUT2D eigenvalue weighted by Crippen LogP contribution is 2.28. The fraction of sp³-hybridized carbons (Fsp3) is 0.182. The monoisotopic (exact) mass is 440 g/mol. The Morgan fingerprint density at radius 3 is 2.35 bits per heavy atom. The topological polar surface area (TPSA) is 76.8 Å². The number of pyridine rings is 1. The summed E-state index contributed by atoms with van der Waals surface area (Å²) in [7, 11) is -2.41. The molecule has 0 N–H and O–H groups in total. The molecule has 4 rings (SSSR count). The van der Waals surface area contributed by atoms with Crippen molar-refractivity contribution in [2.45, 2.75) is 24.8 Å². The third-order valence-electron chi connectivity index (χ3n) is 4.95. The maximum atomic E-state index is 13.7. The maximum absolute atomic E-state index is 13.7. The van der Waals surface area contributed by atoms with E-state index in [9.17, 15) is 12.8 Å². The normalized spacial score (nSPS) is 11.6. The Balaban J connectivity index is 1.81. The zero-order valence-electron chi connectivity index (χ0n) is 17.1. The van der Waals surface area contributed by atoms with E-state index in [2.05, 4.69) is 10.2 Å². The largest absolute Gasteiger partial charge is 0.497 e. The minimum absolute atomic E-state index is 0.0375. The molecule has 2 aromatic carbocycles. The maximum Gasteiger partial charge on any atom is 0.266 e. The number of hydrogen-bond donors (Lipinski definition) is 0. The number of aromatic nitrogens is 3. The number of ether oxygens (including phenoxy) is 1. The molecule has 0 atom stereocenters. The van der Waals surface area contributed by atoms with Crippen LogP contribution in [0.25, 0.3) is 5.65 Å². The Kier molecular flexibility index (Phi) is 5.60. The second-order valence-electron chi connectivity index (χ2n) is 6.90. The molecular weight excluding hydrogens is 419 g/mol. The number of sulfonamides is 1. The first kappa shape index (κ1) is 20.8. The number of anilines is 1. The highest BCUT2D eigenvalue weighted by molar-refractivity contribution is 7.92. The Bertz CT molecular complexity index is 1300. The molecule has 0 saturated heterocycles. The molecule has 9 heteroatoms. The van der Waals surface area contributed by atoms with Crippen LogP contribution in [0, 0.1) is 5.82 Å². The van der Waals surface area contributed by atoms with Crippen LogP contribution in [0.1, 0.15) is 18.3 Å². The van der Waals surface area contributed by atoms with Crippen molar-refractivity contribution in [1.29, 1.82) is 0 Å². The van der Waals surface area contributed by atoms with Gasteiger partial charge in [-0.25, -0.2) is 12.8 Å². The second-order valence-corrected chi connectivity index (χ2v) is 8.76. The van der Waals surface area contributed by atoms with Gasteiger partial charge >= 0.3 is 0 Å². The van der Waals surface area contributed by atoms with E-state index in [0.717, 1.165) is 0 Å². The van der Waals surface area contributed by atoms with Gasteiger partial charge in [0.25, 0.3) is 10.0 Å². The van der Waals surface area contributed by atoms with Gasteiger partial charge in [0.05, 0.1) is 19.3 Å². The molecule has 0 saturated carbocycles. The van der Waals surface area contributed by atoms with E-state index in [1.807, 2.05) is 6.92 Å². The zero-order valence-corrected chi connectivity index (χ0v) is 17.9. The summed E-state index contributed by atoms with van der Waals surface area (Å²) in [5, 5.41) is 8.16. The highest BCUT2D eigenvalue weighted by Gasteiger charge is 2.26. The summed E-state index contributed by atoms with van der Waals surface area (Å²) < 4.78 is 48.9. The van der Waals surface area contributed by atoms with Crippen LogP contribution in [-0.4, -0.2) is 30.1 Å². The average molecular weight is 441 g/mol. The van der Waals surface area contributed by atoms with Crippen LogP contribution in [0.5, 0.6) is 5.75 Å². The second kappa shape index (κ2) is 8.35. The van der Waals surface area contributed by atoms with Gasteiger partial charge in [-0.1, -0.05) is 19.1 Å². The van der Waals surface area contributed by atoms with Crippen LogP contribution >= 0.6 is 0 Å². The first-order chi connectivity index (χ1) is 14.9. The molecule has 0 unspecified atom stereocenters. The Morgan fingerprint density at radius 1 is 1.00 bits per heavy atom. The van der Waals surface area contributed by atoms with E-state index in [-0.39, 0.29) is 17.3 Å². The molecule has 0 bridgehead atoms. The van der Waals surface area contributed by atoms with Gasteiger partial charge in [0.2, 0.25) is 0 Å². The van der Waals surface area contributed by atoms with E-state index < -0.39 is 10.0 Å². The fourth-order valence-corrected chi connectivity index (χ4v) is 4.71. The predicted octanol–water partition coefficient (Wildman–Crippen LogP) is 3.83. The number of nitrogens with zero attached hydrogens (tertiary/aromatic N) is 4. The predicted molar refractivity (Wildman–Crippen MR) is 115 cm³/mol. The number of hydrogen-bond acceptors (Lipinski definition) is 5. The molecule has 2 heterocycles. The Labute approximate surface area is 179 Å². The van der Waals surface area contributed by atoms with Crippen molar-refractivity contribution in [2.24, 2.45) is 0 Å². The van der Waals surface area contributed by atoms with Crippen molar-refractivity contribution >= 4 is 21.4 Å². The fourth-order valence-electron chi connectivity index (χ4n) is 3.26. The van der Waals surface area contributed by atoms with Crippen molar-refractivity contribution in [3.63, 3.8) is 0 Å². The number of aryl methyl sites for hydroxylation is 1. The molecule has 0 aliphatic carbocycles. The van der Waals surface area contributed by atoms with Crippen LogP contribution in [0.3, 0.4) is 0 Å². The molecule has 2 aromatic heterocycles. The van der Waals surface area contributed by atoms with Crippen LogP contribution in [0.15, 0.2) is 71.8 Å². The third kappa shape index (κ3) is 4.09. The summed E-state index contributed by atoms with van der Waals surface area (Å²) in [5.41, 5.74) is 1.69. The van der Waals surface area contributed by atoms with Crippen molar-refractivity contribution in [3.05, 3.63) is 84.1 Å². The van der Waals surface area contributed by atoms with Gasteiger partial charge in [0.15, 0.2) is 5.65 Å². The summed E-state index contributed by atoms with van der Waals surface area (Å²) in [6.07, 6.45) is 2.15. The SMILES string of the molecule is CCc1nnc2ccc(S(=O)(=O)N(Cc3ccc(F)cc3)c3ccc(OC)cc3)cn12. The molecule has 4 aromatic rings. The van der Waals surface area contributed by atoms with Gasteiger partial charge in [0, 0.05) is 12.6 Å². The molecule has 7 nitrogen and oxygen atoms in total. The number of methoxy groups -OCH3 is 1. The summed E-state index contributed by atoms with van der Waals surface area (Å²) >= 11 is 0. The third-order valence-corrected chi connectivity index (χ3v) is 6.71. The summed E-state index contributed by atoms with van der Waals surface area (Å²) in [4.78, 5) is 0.104. The smallest absolute Gasteiger partial charge is 0.266 e. The van der Waals surface area contributed by atoms with E-state index in [4.69, 9.17) is 4.74 Å². The molecule has 0 amide bonds. The molecule has 0 aliphatic rings. The van der Waals surface area contributed by atoms with E-state index in [0.29, 0.717) is 34.9 Å². The first-order valence-corrected chi connectivity index (χ1v) is 11.1. The van der Waals surface area contributed by atoms with Gasteiger partial charge in [-0.15, -0.1) is 10.2 Å². The zero-order chi connectivity index (χ0) is 22.0. The lowest BCUT2D eigenvalue weighted by molar-refractivity contribution is 0.415. The number of halogens is 1. The van der Waals surface area contributed by atoms with Crippen molar-refractivity contribution < 1.29 is 17.5 Å². The van der Waals surface area contributed by atoms with Crippen LogP contribution < -0.4 is 9.04 Å². The molecule has 31 heavy (non-hydrogen) atoms. The lowest BCUT2D eigenvalue weighted by atomic mass is 10.2. The molecule has 0 radical (unpaired) electrons. The van der Waals surface area contributed by atoms with Crippen molar-refractivity contribution in [1.82, 2.24) is 14.6 Å². The first-order valence-electron chi connectivity index (χ1n) is 9.67. The Hall–Kier alpha value is -3.46. The van der Waals surface area contributed by atoms with Gasteiger partial charge in [-0.3, -0.25) is 8.71 Å². The van der Waals surface area contributed by atoms with E-state index >= 15 is 0 Å². The van der Waals surface area contributed by atoms with Crippen LogP contribution in [-0.2, 0) is 23.0 Å². The lowest BCUT2D eigenvalue weighted by Gasteiger charge is -2.25. The molecule has 160 valence electrons. The average Bonchev–Trinajstić information content (AvgIpc) is 3.21. The van der Waals surface area contributed by atoms with Gasteiger partial charge in [0.1, 0.15) is 22.3 Å². The molecule has 0 fully saturated rings. The van der Waals surface area contributed by atoms with Crippen molar-refractivity contribution in [3.8, 4) is 5.75 Å². The number of rotatable bonds is 7. The standard InChI is InChI=1S/C22H21FN4O3S/c1-3-21-24-25-22-13-12-20(15-26(21)22)31(28,29)27(14-16-4-6-17(23)7-5-16)18-8-10-19(30-2)11-9-18/h4-13,15H,3,14H2,1-2H3. The van der Waals surface area contributed by atoms with Crippen LogP contribution in [0.4, 0.5) is 10.1 Å². The van der Waals surface area contributed by atoms with Gasteiger partial charge < -0.3 is 4.74 Å². The van der Waals surface area contributed by atoms with Crippen molar-refractivity contribution in [2.75, 3.05) is 11.4 Å².